The average Bonchev–Trinajstić information content (AvgIpc) is 3.05. The smallest absolute Gasteiger partial charge is 0.283 e. The predicted octanol–water partition coefficient (Wildman–Crippen LogP) is 2.15. The van der Waals surface area contributed by atoms with Crippen molar-refractivity contribution in [2.75, 3.05) is 24.2 Å². The fourth-order valence-electron chi connectivity index (χ4n) is 2.66. The molecular formula is C17H19N5O3S2. The van der Waals surface area contributed by atoms with E-state index in [4.69, 9.17) is 5.41 Å². The van der Waals surface area contributed by atoms with Crippen molar-refractivity contribution in [2.45, 2.75) is 13.8 Å². The number of hydrogen-bond donors (Lipinski definition) is 1. The molecule has 0 atom stereocenters. The van der Waals surface area contributed by atoms with Crippen LogP contribution in [0.2, 0.25) is 0 Å². The predicted molar refractivity (Wildman–Crippen MR) is 110 cm³/mol. The van der Waals surface area contributed by atoms with Gasteiger partial charge in [0.05, 0.1) is 5.57 Å². The van der Waals surface area contributed by atoms with E-state index in [-0.39, 0.29) is 21.0 Å². The van der Waals surface area contributed by atoms with E-state index in [0.717, 1.165) is 47.4 Å². The quantitative estimate of drug-likeness (QED) is 0.770. The minimum Gasteiger partial charge on any atom is -0.372 e. The molecule has 8 nitrogen and oxygen atoms in total. The molecule has 0 aliphatic carbocycles. The van der Waals surface area contributed by atoms with Crippen LogP contribution in [0.15, 0.2) is 39.9 Å². The Labute approximate surface area is 162 Å². The molecule has 2 heterocycles. The maximum Gasteiger partial charge on any atom is 0.283 e. The molecule has 0 radical (unpaired) electrons. The molecule has 0 spiro atoms. The second kappa shape index (κ2) is 7.28. The first kappa shape index (κ1) is 19.3. The number of hydrazone groups is 1. The monoisotopic (exact) mass is 405 g/mol. The summed E-state index contributed by atoms with van der Waals surface area (Å²) < 4.78 is 23.2. The van der Waals surface area contributed by atoms with Crippen molar-refractivity contribution in [2.24, 2.45) is 10.1 Å². The number of rotatable bonds is 4. The van der Waals surface area contributed by atoms with Gasteiger partial charge in [-0.05, 0) is 49.4 Å². The summed E-state index contributed by atoms with van der Waals surface area (Å²) in [6.45, 7) is 5.95. The number of amidine groups is 2. The molecule has 0 bridgehead atoms. The maximum absolute atomic E-state index is 12.3. The van der Waals surface area contributed by atoms with Crippen LogP contribution in [0.25, 0.3) is 6.08 Å². The van der Waals surface area contributed by atoms with Gasteiger partial charge in [-0.3, -0.25) is 10.2 Å². The van der Waals surface area contributed by atoms with Crippen LogP contribution in [0.5, 0.6) is 0 Å². The summed E-state index contributed by atoms with van der Waals surface area (Å²) in [5.41, 5.74) is 1.89. The highest BCUT2D eigenvalue weighted by atomic mass is 32.3. The van der Waals surface area contributed by atoms with Crippen molar-refractivity contribution in [3.8, 4) is 0 Å². The lowest BCUT2D eigenvalue weighted by Gasteiger charge is -2.21. The molecule has 142 valence electrons. The van der Waals surface area contributed by atoms with Gasteiger partial charge in [0.25, 0.3) is 5.91 Å². The van der Waals surface area contributed by atoms with E-state index >= 15 is 0 Å². The van der Waals surface area contributed by atoms with Gasteiger partial charge in [-0.25, -0.2) is 8.42 Å². The van der Waals surface area contributed by atoms with E-state index in [2.05, 4.69) is 28.8 Å². The van der Waals surface area contributed by atoms with Gasteiger partial charge in [0.1, 0.15) is 0 Å². The molecule has 1 N–H and O–H groups in total. The summed E-state index contributed by atoms with van der Waals surface area (Å²) in [4.78, 5) is 18.4. The van der Waals surface area contributed by atoms with Crippen LogP contribution in [0.1, 0.15) is 19.4 Å². The van der Waals surface area contributed by atoms with Gasteiger partial charge in [0, 0.05) is 25.0 Å². The van der Waals surface area contributed by atoms with Crippen LogP contribution >= 0.6 is 11.8 Å². The third kappa shape index (κ3) is 3.81. The van der Waals surface area contributed by atoms with Crippen molar-refractivity contribution in [1.82, 2.24) is 5.01 Å². The van der Waals surface area contributed by atoms with Crippen molar-refractivity contribution < 1.29 is 13.2 Å². The van der Waals surface area contributed by atoms with E-state index in [0.29, 0.717) is 0 Å². The molecule has 0 saturated heterocycles. The van der Waals surface area contributed by atoms with Gasteiger partial charge >= 0.3 is 0 Å². The number of anilines is 1. The number of thioether (sulfide) groups is 1. The van der Waals surface area contributed by atoms with Crippen molar-refractivity contribution in [3.05, 3.63) is 35.4 Å². The van der Waals surface area contributed by atoms with E-state index in [9.17, 15) is 13.2 Å². The Morgan fingerprint density at radius 1 is 1.22 bits per heavy atom. The molecular weight excluding hydrogens is 386 g/mol. The SMILES string of the molecule is CCN(CC)c1ccc(/C=C2\C(=N)N3N=C(S(C)(=O)=O)SC3=NC2=O)cc1. The zero-order valence-corrected chi connectivity index (χ0v) is 16.8. The third-order valence-corrected chi connectivity index (χ3v) is 6.66. The Kier molecular flexibility index (Phi) is 5.20. The standard InChI is InChI=1S/C17H19N5O3S2/c1-4-21(5-2)12-8-6-11(7-9-12)10-13-14(18)22-16(19-15(13)23)26-17(20-22)27(3,24)25/h6-10,18H,4-5H2,1-3H3/b13-10+,18-14?. The lowest BCUT2D eigenvalue weighted by Crippen LogP contribution is -2.35. The van der Waals surface area contributed by atoms with Crippen LogP contribution < -0.4 is 4.90 Å². The molecule has 2 aliphatic heterocycles. The van der Waals surface area contributed by atoms with Gasteiger partial charge in [0.2, 0.25) is 19.4 Å². The van der Waals surface area contributed by atoms with Crippen molar-refractivity contribution >= 4 is 54.6 Å². The molecule has 0 fully saturated rings. The summed E-state index contributed by atoms with van der Waals surface area (Å²) in [5, 5.41) is 13.3. The molecule has 0 saturated carbocycles. The number of nitrogens with one attached hydrogen (secondary N) is 1. The normalized spacial score (nSPS) is 18.5. The first-order valence-electron chi connectivity index (χ1n) is 8.30. The van der Waals surface area contributed by atoms with Crippen LogP contribution in [-0.4, -0.2) is 54.1 Å². The zero-order valence-electron chi connectivity index (χ0n) is 15.1. The summed E-state index contributed by atoms with van der Waals surface area (Å²) in [6, 6.07) is 7.64. The van der Waals surface area contributed by atoms with E-state index in [1.54, 1.807) is 6.08 Å². The summed E-state index contributed by atoms with van der Waals surface area (Å²) in [5.74, 6) is -0.777. The van der Waals surface area contributed by atoms with Crippen LogP contribution in [-0.2, 0) is 14.6 Å². The lowest BCUT2D eigenvalue weighted by atomic mass is 10.1. The highest BCUT2D eigenvalue weighted by molar-refractivity contribution is 8.42. The summed E-state index contributed by atoms with van der Waals surface area (Å²) in [6.07, 6.45) is 2.59. The number of hydrogen-bond acceptors (Lipinski definition) is 7. The van der Waals surface area contributed by atoms with Crippen LogP contribution in [0.3, 0.4) is 0 Å². The molecule has 1 aromatic carbocycles. The van der Waals surface area contributed by atoms with Gasteiger partial charge in [-0.2, -0.15) is 10.0 Å². The fraction of sp³-hybridized carbons (Fsp3) is 0.294. The molecule has 0 aromatic heterocycles. The molecule has 2 aliphatic rings. The number of nitrogens with zero attached hydrogens (tertiary/aromatic N) is 4. The van der Waals surface area contributed by atoms with Crippen molar-refractivity contribution in [3.63, 3.8) is 0 Å². The molecule has 3 rings (SSSR count). The Morgan fingerprint density at radius 2 is 1.85 bits per heavy atom. The molecule has 27 heavy (non-hydrogen) atoms. The third-order valence-electron chi connectivity index (χ3n) is 4.09. The maximum atomic E-state index is 12.3. The summed E-state index contributed by atoms with van der Waals surface area (Å²) in [7, 11) is -3.54. The van der Waals surface area contributed by atoms with Gasteiger partial charge in [0.15, 0.2) is 5.84 Å². The first-order chi connectivity index (χ1) is 12.7. The second-order valence-electron chi connectivity index (χ2n) is 5.92. The van der Waals surface area contributed by atoms with Crippen molar-refractivity contribution in [1.29, 1.82) is 5.41 Å². The Balaban J connectivity index is 1.91. The van der Waals surface area contributed by atoms with Gasteiger partial charge in [-0.1, -0.05) is 12.1 Å². The Morgan fingerprint density at radius 3 is 2.41 bits per heavy atom. The second-order valence-corrected chi connectivity index (χ2v) is 9.07. The van der Waals surface area contributed by atoms with E-state index in [1.807, 2.05) is 24.3 Å². The zero-order chi connectivity index (χ0) is 19.8. The van der Waals surface area contributed by atoms with E-state index in [1.165, 1.54) is 0 Å². The topological polar surface area (TPSA) is 106 Å². The minimum absolute atomic E-state index is 0.0634. The number of fused-ring (bicyclic) bond motifs is 1. The molecule has 1 amide bonds. The number of carbonyl (C=O) groups is 1. The minimum atomic E-state index is -3.54. The van der Waals surface area contributed by atoms with Gasteiger partial charge < -0.3 is 4.90 Å². The fourth-order valence-corrected chi connectivity index (χ4v) is 4.35. The molecule has 0 unspecified atom stereocenters. The highest BCUT2D eigenvalue weighted by Gasteiger charge is 2.38. The number of amides is 1. The largest absolute Gasteiger partial charge is 0.372 e. The Bertz CT molecular complexity index is 990. The molecule has 1 aromatic rings. The highest BCUT2D eigenvalue weighted by Crippen LogP contribution is 2.30. The first-order valence-corrected chi connectivity index (χ1v) is 11.0. The summed E-state index contributed by atoms with van der Waals surface area (Å²) >= 11 is 0.771. The van der Waals surface area contributed by atoms with Gasteiger partial charge in [-0.15, -0.1) is 5.10 Å². The Hall–Kier alpha value is -2.46. The number of benzene rings is 1. The number of aliphatic imine (C=N–C) groups is 1. The number of carbonyl (C=O) groups excluding carboxylic acids is 1. The average molecular weight is 406 g/mol. The number of sulfone groups is 1. The van der Waals surface area contributed by atoms with Crippen LogP contribution in [0, 0.1) is 5.41 Å². The van der Waals surface area contributed by atoms with E-state index < -0.39 is 15.7 Å². The van der Waals surface area contributed by atoms with Crippen LogP contribution in [0.4, 0.5) is 5.69 Å². The molecule has 10 heteroatoms. The lowest BCUT2D eigenvalue weighted by molar-refractivity contribution is -0.114.